The van der Waals surface area contributed by atoms with Crippen LogP contribution >= 0.6 is 0 Å². The maximum absolute atomic E-state index is 14.4. The van der Waals surface area contributed by atoms with Crippen molar-refractivity contribution in [3.63, 3.8) is 0 Å². The number of likely N-dealkylation sites (tertiary alicyclic amines) is 1. The Labute approximate surface area is 325 Å². The number of carbonyl (C=O) groups is 6. The number of halogens is 1. The predicted molar refractivity (Wildman–Crippen MR) is 207 cm³/mol. The van der Waals surface area contributed by atoms with Crippen LogP contribution in [0.4, 0.5) is 4.39 Å². The number of carbonyl (C=O) groups excluding carboxylic acids is 6. The number of aromatic nitrogens is 1. The fourth-order valence-corrected chi connectivity index (χ4v) is 6.89. The fraction of sp³-hybridized carbons (Fsp3) is 0.381. The summed E-state index contributed by atoms with van der Waals surface area (Å²) in [6.07, 6.45) is 3.25. The van der Waals surface area contributed by atoms with E-state index in [4.69, 9.17) is 4.74 Å². The van der Waals surface area contributed by atoms with Gasteiger partial charge in [-0.25, -0.2) is 4.39 Å². The summed E-state index contributed by atoms with van der Waals surface area (Å²) >= 11 is 0. The van der Waals surface area contributed by atoms with Gasteiger partial charge in [-0.1, -0.05) is 60.2 Å². The molecule has 13 nitrogen and oxygen atoms in total. The topological polar surface area (TPSA) is 179 Å². The molecule has 1 fully saturated rings. The van der Waals surface area contributed by atoms with E-state index in [0.29, 0.717) is 24.8 Å². The molecule has 1 aromatic heterocycles. The Kier molecular flexibility index (Phi) is 14.3. The first-order chi connectivity index (χ1) is 26.9. The number of hydrogen-bond acceptors (Lipinski definition) is 7. The summed E-state index contributed by atoms with van der Waals surface area (Å²) in [6.45, 7) is 3.65. The summed E-state index contributed by atoms with van der Waals surface area (Å²) < 4.78 is 18.5. The number of methoxy groups -OCH3 is 1. The summed E-state index contributed by atoms with van der Waals surface area (Å²) in [4.78, 5) is 84.8. The summed E-state index contributed by atoms with van der Waals surface area (Å²) in [5, 5.41) is 12.1. The van der Waals surface area contributed by atoms with Crippen LogP contribution in [-0.2, 0) is 52.9 Å². The fourth-order valence-electron chi connectivity index (χ4n) is 6.89. The first kappa shape index (κ1) is 41.1. The second kappa shape index (κ2) is 19.5. The van der Waals surface area contributed by atoms with E-state index in [1.54, 1.807) is 18.3 Å². The van der Waals surface area contributed by atoms with Gasteiger partial charge in [0, 0.05) is 56.4 Å². The van der Waals surface area contributed by atoms with Crippen LogP contribution in [0.25, 0.3) is 10.9 Å². The number of aryl methyl sites for hydroxylation is 1. The van der Waals surface area contributed by atoms with Crippen molar-refractivity contribution in [1.82, 2.24) is 31.2 Å². The monoisotopic (exact) mass is 768 g/mol. The lowest BCUT2D eigenvalue weighted by Crippen LogP contribution is -2.60. The van der Waals surface area contributed by atoms with Crippen molar-refractivity contribution in [3.05, 3.63) is 107 Å². The average Bonchev–Trinajstić information content (AvgIpc) is 3.61. The minimum absolute atomic E-state index is 0.0249. The molecule has 1 saturated heterocycles. The standard InChI is InChI=1S/C42H49FN6O7/c1-26-11-13-29(14-12-26)24-45-39(52)35(22-28-15-17-31(43)18-16-28)47-40(53)36(23-30-25-44-33-9-5-4-8-32(30)33)48-41(54)37-10-6-7-21-49(37)42(55)34(46-27(2)50)19-20-38(51)56-3/h4-5,8-9,11-18,25,34-37,44H,6-7,10,19-24H2,1-3H3,(H,45,52)(H,46,50)(H,47,53)(H,48,54)/t34-,35-,36-,37-/m0/s1. The van der Waals surface area contributed by atoms with Crippen LogP contribution < -0.4 is 21.3 Å². The zero-order chi connectivity index (χ0) is 40.2. The maximum atomic E-state index is 14.4. The lowest BCUT2D eigenvalue weighted by molar-refractivity contribution is -0.146. The summed E-state index contributed by atoms with van der Waals surface area (Å²) in [7, 11) is 1.23. The molecular formula is C42H49FN6O7. The van der Waals surface area contributed by atoms with Gasteiger partial charge in [0.2, 0.25) is 29.5 Å². The molecule has 4 atom stereocenters. The molecule has 1 aliphatic rings. The van der Waals surface area contributed by atoms with Gasteiger partial charge in [-0.3, -0.25) is 28.8 Å². The van der Waals surface area contributed by atoms with E-state index in [1.165, 1.54) is 31.1 Å². The van der Waals surface area contributed by atoms with E-state index in [0.717, 1.165) is 27.6 Å². The van der Waals surface area contributed by atoms with E-state index in [-0.39, 0.29) is 38.8 Å². The minimum Gasteiger partial charge on any atom is -0.469 e. The average molecular weight is 769 g/mol. The van der Waals surface area contributed by atoms with Gasteiger partial charge in [-0.15, -0.1) is 0 Å². The Balaban J connectivity index is 1.40. The number of ether oxygens (including phenoxy) is 1. The molecule has 1 aliphatic heterocycles. The Morgan fingerprint density at radius 2 is 1.54 bits per heavy atom. The number of piperidine rings is 1. The van der Waals surface area contributed by atoms with E-state index in [1.807, 2.05) is 55.5 Å². The molecule has 0 spiro atoms. The molecule has 0 radical (unpaired) electrons. The molecule has 296 valence electrons. The third-order valence-corrected chi connectivity index (χ3v) is 9.93. The first-order valence-electron chi connectivity index (χ1n) is 18.8. The summed E-state index contributed by atoms with van der Waals surface area (Å²) in [6, 6.07) is 16.5. The molecule has 0 saturated carbocycles. The molecule has 2 heterocycles. The van der Waals surface area contributed by atoms with Crippen LogP contribution in [-0.4, -0.2) is 83.2 Å². The highest BCUT2D eigenvalue weighted by Gasteiger charge is 2.38. The predicted octanol–water partition coefficient (Wildman–Crippen LogP) is 3.53. The van der Waals surface area contributed by atoms with Crippen molar-refractivity contribution in [2.45, 2.75) is 89.5 Å². The Morgan fingerprint density at radius 3 is 2.25 bits per heavy atom. The first-order valence-corrected chi connectivity index (χ1v) is 18.8. The molecule has 5 rings (SSSR count). The molecule has 0 unspecified atom stereocenters. The van der Waals surface area contributed by atoms with Gasteiger partial charge < -0.3 is 35.9 Å². The van der Waals surface area contributed by atoms with E-state index in [9.17, 15) is 33.2 Å². The quantitative estimate of drug-likeness (QED) is 0.108. The zero-order valence-corrected chi connectivity index (χ0v) is 31.9. The number of nitrogens with zero attached hydrogens (tertiary/aromatic N) is 1. The Hall–Kier alpha value is -6.05. The molecule has 5 amide bonds. The third-order valence-electron chi connectivity index (χ3n) is 9.93. The number of amides is 5. The van der Waals surface area contributed by atoms with Crippen LogP contribution in [0.15, 0.2) is 79.0 Å². The lowest BCUT2D eigenvalue weighted by atomic mass is 9.97. The van der Waals surface area contributed by atoms with Gasteiger partial charge in [0.25, 0.3) is 0 Å². The van der Waals surface area contributed by atoms with Crippen molar-refractivity contribution in [3.8, 4) is 0 Å². The number of hydrogen-bond donors (Lipinski definition) is 5. The summed E-state index contributed by atoms with van der Waals surface area (Å²) in [5.74, 6) is -3.67. The van der Waals surface area contributed by atoms with Crippen molar-refractivity contribution < 1.29 is 37.9 Å². The lowest BCUT2D eigenvalue weighted by Gasteiger charge is -2.37. The molecular weight excluding hydrogens is 719 g/mol. The highest BCUT2D eigenvalue weighted by Crippen LogP contribution is 2.22. The molecule has 5 N–H and O–H groups in total. The van der Waals surface area contributed by atoms with Gasteiger partial charge in [0.1, 0.15) is 30.0 Å². The Bertz CT molecular complexity index is 2020. The van der Waals surface area contributed by atoms with E-state index >= 15 is 0 Å². The number of H-pyrrole nitrogens is 1. The van der Waals surface area contributed by atoms with Crippen LogP contribution in [0.2, 0.25) is 0 Å². The van der Waals surface area contributed by atoms with Crippen LogP contribution in [0.3, 0.4) is 0 Å². The van der Waals surface area contributed by atoms with Gasteiger partial charge in [0.15, 0.2) is 0 Å². The van der Waals surface area contributed by atoms with Gasteiger partial charge in [-0.2, -0.15) is 0 Å². The number of esters is 1. The normalized spacial score (nSPS) is 15.6. The number of fused-ring (bicyclic) bond motifs is 1. The number of rotatable bonds is 16. The van der Waals surface area contributed by atoms with E-state index < -0.39 is 65.5 Å². The highest BCUT2D eigenvalue weighted by molar-refractivity contribution is 5.96. The SMILES string of the molecule is COC(=O)CC[C@H](NC(C)=O)C(=O)N1CCCC[C@H]1C(=O)N[C@@H](Cc1c[nH]c2ccccc12)C(=O)N[C@@H](Cc1ccc(F)cc1)C(=O)NCc1ccc(C)cc1. The van der Waals surface area contributed by atoms with Crippen LogP contribution in [0, 0.1) is 12.7 Å². The number of aromatic amines is 1. The molecule has 14 heteroatoms. The second-order valence-electron chi connectivity index (χ2n) is 14.1. The van der Waals surface area contributed by atoms with Gasteiger partial charge in [0.05, 0.1) is 7.11 Å². The maximum Gasteiger partial charge on any atom is 0.305 e. The van der Waals surface area contributed by atoms with Crippen molar-refractivity contribution in [2.24, 2.45) is 0 Å². The Morgan fingerprint density at radius 1 is 0.839 bits per heavy atom. The van der Waals surface area contributed by atoms with Crippen molar-refractivity contribution in [1.29, 1.82) is 0 Å². The molecule has 56 heavy (non-hydrogen) atoms. The molecule has 3 aromatic carbocycles. The number of para-hydroxylation sites is 1. The highest BCUT2D eigenvalue weighted by atomic mass is 19.1. The van der Waals surface area contributed by atoms with Crippen LogP contribution in [0.5, 0.6) is 0 Å². The minimum atomic E-state index is -1.19. The van der Waals surface area contributed by atoms with Crippen LogP contribution in [0.1, 0.15) is 61.3 Å². The summed E-state index contributed by atoms with van der Waals surface area (Å²) in [5.41, 5.74) is 4.11. The third kappa shape index (κ3) is 11.2. The number of benzene rings is 3. The second-order valence-corrected chi connectivity index (χ2v) is 14.1. The molecule has 0 bridgehead atoms. The molecule has 0 aliphatic carbocycles. The van der Waals surface area contributed by atoms with Crippen molar-refractivity contribution >= 4 is 46.4 Å². The smallest absolute Gasteiger partial charge is 0.305 e. The van der Waals surface area contributed by atoms with Gasteiger partial charge in [-0.05, 0) is 67.5 Å². The molecule has 4 aromatic rings. The zero-order valence-electron chi connectivity index (χ0n) is 31.9. The largest absolute Gasteiger partial charge is 0.469 e. The van der Waals surface area contributed by atoms with Crippen molar-refractivity contribution in [2.75, 3.05) is 13.7 Å². The van der Waals surface area contributed by atoms with E-state index in [2.05, 4.69) is 26.3 Å². The number of nitrogens with one attached hydrogen (secondary N) is 5. The van der Waals surface area contributed by atoms with Gasteiger partial charge >= 0.3 is 5.97 Å².